The number of hydrogen-bond acceptors (Lipinski definition) is 5. The Balaban J connectivity index is 2.44. The summed E-state index contributed by atoms with van der Waals surface area (Å²) < 4.78 is 36.6. The van der Waals surface area contributed by atoms with Crippen LogP contribution in [-0.2, 0) is 14.8 Å². The summed E-state index contributed by atoms with van der Waals surface area (Å²) in [6.45, 7) is 3.65. The maximum absolute atomic E-state index is 13.1. The summed E-state index contributed by atoms with van der Waals surface area (Å²) in [6.07, 6.45) is 1.34. The topological polar surface area (TPSA) is 84.9 Å². The van der Waals surface area contributed by atoms with E-state index in [2.05, 4.69) is 5.32 Å². The number of aryl methyl sites for hydroxylation is 1. The van der Waals surface area contributed by atoms with E-state index in [1.54, 1.807) is 31.2 Å². The van der Waals surface area contributed by atoms with Crippen molar-refractivity contribution in [2.75, 3.05) is 30.1 Å². The molecular formula is C20H25ClN2O5S. The van der Waals surface area contributed by atoms with E-state index in [4.69, 9.17) is 21.1 Å². The van der Waals surface area contributed by atoms with Crippen molar-refractivity contribution in [3.05, 3.63) is 47.0 Å². The van der Waals surface area contributed by atoms with Crippen molar-refractivity contribution in [1.82, 2.24) is 0 Å². The second-order valence-electron chi connectivity index (χ2n) is 6.49. The predicted molar refractivity (Wildman–Crippen MR) is 116 cm³/mol. The lowest BCUT2D eigenvalue weighted by Gasteiger charge is -2.30. The largest absolute Gasteiger partial charge is 0.495 e. The van der Waals surface area contributed by atoms with Gasteiger partial charge in [0.25, 0.3) is 0 Å². The van der Waals surface area contributed by atoms with Gasteiger partial charge in [-0.15, -0.1) is 0 Å². The lowest BCUT2D eigenvalue weighted by Crippen LogP contribution is -2.47. The number of carbonyl (C=O) groups is 1. The van der Waals surface area contributed by atoms with E-state index in [0.717, 1.165) is 16.1 Å². The van der Waals surface area contributed by atoms with Crippen molar-refractivity contribution in [2.45, 2.75) is 26.3 Å². The van der Waals surface area contributed by atoms with Crippen molar-refractivity contribution in [3.8, 4) is 11.5 Å². The highest BCUT2D eigenvalue weighted by molar-refractivity contribution is 7.92. The van der Waals surface area contributed by atoms with Crippen molar-refractivity contribution < 1.29 is 22.7 Å². The fourth-order valence-electron chi connectivity index (χ4n) is 2.93. The van der Waals surface area contributed by atoms with Crippen LogP contribution in [0.1, 0.15) is 18.9 Å². The quantitative estimate of drug-likeness (QED) is 0.673. The molecule has 0 saturated heterocycles. The summed E-state index contributed by atoms with van der Waals surface area (Å²) in [6, 6.07) is 9.04. The van der Waals surface area contributed by atoms with E-state index in [0.29, 0.717) is 27.9 Å². The second-order valence-corrected chi connectivity index (χ2v) is 8.76. The maximum Gasteiger partial charge on any atom is 0.248 e. The molecule has 0 radical (unpaired) electrons. The number of hydrogen-bond donors (Lipinski definition) is 1. The fraction of sp³-hybridized carbons (Fsp3) is 0.350. The fourth-order valence-corrected chi connectivity index (χ4v) is 4.37. The Morgan fingerprint density at radius 1 is 1.14 bits per heavy atom. The predicted octanol–water partition coefficient (Wildman–Crippen LogP) is 3.85. The van der Waals surface area contributed by atoms with E-state index in [1.807, 2.05) is 6.92 Å². The van der Waals surface area contributed by atoms with E-state index in [1.165, 1.54) is 26.4 Å². The number of ether oxygens (including phenoxy) is 2. The molecule has 0 aliphatic carbocycles. The summed E-state index contributed by atoms with van der Waals surface area (Å²) in [7, 11) is -0.819. The summed E-state index contributed by atoms with van der Waals surface area (Å²) in [5.41, 5.74) is 1.73. The monoisotopic (exact) mass is 440 g/mol. The molecule has 0 aliphatic rings. The van der Waals surface area contributed by atoms with Crippen LogP contribution in [0.3, 0.4) is 0 Å². The van der Waals surface area contributed by atoms with Gasteiger partial charge in [0, 0.05) is 12.1 Å². The molecule has 0 fully saturated rings. The Bertz CT molecular complexity index is 977. The molecule has 158 valence electrons. The molecule has 9 heteroatoms. The lowest BCUT2D eigenvalue weighted by molar-refractivity contribution is -0.117. The number of amides is 1. The molecular weight excluding hydrogens is 416 g/mol. The standard InChI is InChI=1S/C20H25ClN2O5S/c1-6-17(23(29(5,25)26)14-9-7-13(2)8-10-14)20(24)22-16-12-18(27-3)15(21)11-19(16)28-4/h7-12,17H,6H2,1-5H3,(H,22,24). The van der Waals surface area contributed by atoms with Crippen molar-refractivity contribution in [2.24, 2.45) is 0 Å². The highest BCUT2D eigenvalue weighted by atomic mass is 35.5. The van der Waals surface area contributed by atoms with Crippen LogP contribution in [0.5, 0.6) is 11.5 Å². The number of rotatable bonds is 8. The molecule has 2 aromatic carbocycles. The van der Waals surface area contributed by atoms with Gasteiger partial charge in [-0.2, -0.15) is 0 Å². The first-order valence-corrected chi connectivity index (χ1v) is 11.1. The van der Waals surface area contributed by atoms with E-state index < -0.39 is 22.0 Å². The normalized spacial score (nSPS) is 12.2. The van der Waals surface area contributed by atoms with E-state index in [-0.39, 0.29) is 6.42 Å². The lowest BCUT2D eigenvalue weighted by atomic mass is 10.1. The number of benzene rings is 2. The average molecular weight is 441 g/mol. The molecule has 1 unspecified atom stereocenters. The molecule has 7 nitrogen and oxygen atoms in total. The van der Waals surface area contributed by atoms with Crippen LogP contribution < -0.4 is 19.1 Å². The summed E-state index contributed by atoms with van der Waals surface area (Å²) in [5.74, 6) is 0.190. The van der Waals surface area contributed by atoms with Crippen molar-refractivity contribution in [3.63, 3.8) is 0 Å². The molecule has 1 atom stereocenters. The third kappa shape index (κ3) is 5.33. The van der Waals surface area contributed by atoms with Crippen LogP contribution in [0.15, 0.2) is 36.4 Å². The van der Waals surface area contributed by atoms with Gasteiger partial charge < -0.3 is 14.8 Å². The van der Waals surface area contributed by atoms with Crippen molar-refractivity contribution >= 4 is 38.9 Å². The van der Waals surface area contributed by atoms with Crippen LogP contribution >= 0.6 is 11.6 Å². The molecule has 1 N–H and O–H groups in total. The zero-order valence-corrected chi connectivity index (χ0v) is 18.6. The van der Waals surface area contributed by atoms with Crippen LogP contribution in [0.2, 0.25) is 5.02 Å². The van der Waals surface area contributed by atoms with Gasteiger partial charge >= 0.3 is 0 Å². The molecule has 0 aliphatic heterocycles. The Kier molecular flexibility index (Phi) is 7.37. The van der Waals surface area contributed by atoms with Crippen LogP contribution in [0.25, 0.3) is 0 Å². The molecule has 1 amide bonds. The highest BCUT2D eigenvalue weighted by Crippen LogP contribution is 2.36. The van der Waals surface area contributed by atoms with Gasteiger partial charge in [-0.05, 0) is 25.5 Å². The Morgan fingerprint density at radius 3 is 2.21 bits per heavy atom. The minimum Gasteiger partial charge on any atom is -0.495 e. The van der Waals surface area contributed by atoms with Crippen LogP contribution in [0.4, 0.5) is 11.4 Å². The van der Waals surface area contributed by atoms with Gasteiger partial charge in [-0.3, -0.25) is 9.10 Å². The zero-order valence-electron chi connectivity index (χ0n) is 17.0. The number of methoxy groups -OCH3 is 2. The van der Waals surface area contributed by atoms with E-state index in [9.17, 15) is 13.2 Å². The zero-order chi connectivity index (χ0) is 21.8. The molecule has 29 heavy (non-hydrogen) atoms. The average Bonchev–Trinajstić information content (AvgIpc) is 2.66. The number of halogens is 1. The number of nitrogens with one attached hydrogen (secondary N) is 1. The van der Waals surface area contributed by atoms with Crippen molar-refractivity contribution in [1.29, 1.82) is 0 Å². The van der Waals surface area contributed by atoms with E-state index >= 15 is 0 Å². The first kappa shape index (κ1) is 22.8. The molecule has 0 bridgehead atoms. The number of nitrogens with zero attached hydrogens (tertiary/aromatic N) is 1. The minimum atomic E-state index is -3.72. The van der Waals surface area contributed by atoms with Gasteiger partial charge in [0.15, 0.2) is 0 Å². The molecule has 2 rings (SSSR count). The SMILES string of the molecule is CCC(C(=O)Nc1cc(OC)c(Cl)cc1OC)N(c1ccc(C)cc1)S(C)(=O)=O. The first-order valence-electron chi connectivity index (χ1n) is 8.90. The molecule has 0 spiro atoms. The second kappa shape index (κ2) is 9.37. The molecule has 0 aromatic heterocycles. The summed E-state index contributed by atoms with van der Waals surface area (Å²) in [4.78, 5) is 13.1. The van der Waals surface area contributed by atoms with Crippen LogP contribution in [-0.4, -0.2) is 40.8 Å². The van der Waals surface area contributed by atoms with Gasteiger partial charge in [-0.1, -0.05) is 36.2 Å². The number of anilines is 2. The Labute approximate surface area is 176 Å². The Morgan fingerprint density at radius 2 is 1.72 bits per heavy atom. The van der Waals surface area contributed by atoms with Crippen LogP contribution in [0, 0.1) is 6.92 Å². The van der Waals surface area contributed by atoms with Gasteiger partial charge in [0.1, 0.15) is 17.5 Å². The smallest absolute Gasteiger partial charge is 0.248 e. The molecule has 0 heterocycles. The third-order valence-corrected chi connectivity index (χ3v) is 5.83. The van der Waals surface area contributed by atoms with Gasteiger partial charge in [0.05, 0.1) is 36.9 Å². The summed E-state index contributed by atoms with van der Waals surface area (Å²) >= 11 is 6.10. The van der Waals surface area contributed by atoms with Gasteiger partial charge in [-0.25, -0.2) is 8.42 Å². The maximum atomic E-state index is 13.1. The minimum absolute atomic E-state index is 0.264. The first-order chi connectivity index (χ1) is 13.6. The summed E-state index contributed by atoms with van der Waals surface area (Å²) in [5, 5.41) is 3.07. The molecule has 2 aromatic rings. The van der Waals surface area contributed by atoms with Gasteiger partial charge in [0.2, 0.25) is 15.9 Å². The number of sulfonamides is 1. The Hall–Kier alpha value is -2.45. The number of carbonyl (C=O) groups excluding carboxylic acids is 1. The third-order valence-electron chi connectivity index (χ3n) is 4.35. The highest BCUT2D eigenvalue weighted by Gasteiger charge is 2.32. The molecule has 0 saturated carbocycles.